The largest absolute Gasteiger partial charge is 0.355 e. The summed E-state index contributed by atoms with van der Waals surface area (Å²) in [6, 6.07) is 0. The Morgan fingerprint density at radius 3 is 1.74 bits per heavy atom. The predicted octanol–water partition coefficient (Wildman–Crippen LogP) is 2.51. The van der Waals surface area contributed by atoms with Crippen LogP contribution in [-0.4, -0.2) is 60.2 Å². The van der Waals surface area contributed by atoms with E-state index in [9.17, 15) is 4.79 Å². The quantitative estimate of drug-likeness (QED) is 0.475. The first-order chi connectivity index (χ1) is 16.3. The Balaban J connectivity index is 0.000000202. The summed E-state index contributed by atoms with van der Waals surface area (Å²) in [7, 11) is 0. The summed E-state index contributed by atoms with van der Waals surface area (Å²) in [5, 5.41) is 31.5. The summed E-state index contributed by atoms with van der Waals surface area (Å²) >= 11 is 0. The molecule has 2 aromatic rings. The van der Waals surface area contributed by atoms with Gasteiger partial charge in [0.2, 0.25) is 5.91 Å². The maximum atomic E-state index is 12.1. The number of nitrogens with zero attached hydrogens (tertiary/aromatic N) is 6. The Labute approximate surface area is 202 Å². The number of carbonyl (C=O) groups excluding carboxylic acids is 1. The fourth-order valence-electron chi connectivity index (χ4n) is 5.19. The average molecular weight is 475 g/mol. The van der Waals surface area contributed by atoms with E-state index in [0.29, 0.717) is 6.54 Å². The first kappa shape index (κ1) is 26.2. The van der Waals surface area contributed by atoms with Gasteiger partial charge in [-0.2, -0.15) is 10.4 Å². The van der Waals surface area contributed by atoms with Crippen LogP contribution < -0.4 is 11.1 Å². The summed E-state index contributed by atoms with van der Waals surface area (Å²) in [5.41, 5.74) is 5.85. The van der Waals surface area contributed by atoms with Crippen molar-refractivity contribution in [1.29, 1.82) is 0 Å². The van der Waals surface area contributed by atoms with Crippen molar-refractivity contribution in [1.82, 2.24) is 46.6 Å². The maximum absolute atomic E-state index is 12.1. The highest BCUT2D eigenvalue weighted by Crippen LogP contribution is 2.39. The zero-order valence-electron chi connectivity index (χ0n) is 21.1. The van der Waals surface area contributed by atoms with Gasteiger partial charge < -0.3 is 11.1 Å². The van der Waals surface area contributed by atoms with Gasteiger partial charge in [-0.05, 0) is 43.1 Å². The fourth-order valence-corrected chi connectivity index (χ4v) is 5.19. The molecule has 0 unspecified atom stereocenters. The minimum atomic E-state index is -0.345. The molecule has 0 atom stereocenters. The number of carbonyl (C=O) groups is 1. The second-order valence-corrected chi connectivity index (χ2v) is 11.3. The number of tetrazole rings is 2. The lowest BCUT2D eigenvalue weighted by atomic mass is 9.71. The summed E-state index contributed by atoms with van der Waals surface area (Å²) in [6.07, 6.45) is 13.9. The molecule has 0 aliphatic heterocycles. The topological polar surface area (TPSA) is 164 Å². The molecule has 0 saturated heterocycles. The fraction of sp³-hybridized carbons (Fsp3) is 0.870. The van der Waals surface area contributed by atoms with Crippen molar-refractivity contribution in [3.05, 3.63) is 11.6 Å². The zero-order valence-corrected chi connectivity index (χ0v) is 21.1. The standard InChI is InChI=1S/C14H25N5O.C9H17N5/c1-13(2,3)12(20)15-10-14(7-5-4-6-8-14)9-11-16-18-19-17-11;10-7-9(4-2-1-3-5-9)6-8-11-13-14-12-8/h4-10H2,1-3H3,(H,15,20)(H,16,17,18,19);1-7,10H2,(H,11,12,13,14). The molecule has 2 aromatic heterocycles. The van der Waals surface area contributed by atoms with Gasteiger partial charge in [0.05, 0.1) is 0 Å². The van der Waals surface area contributed by atoms with E-state index in [2.05, 4.69) is 46.6 Å². The van der Waals surface area contributed by atoms with Gasteiger partial charge in [0.25, 0.3) is 0 Å². The van der Waals surface area contributed by atoms with Gasteiger partial charge in [-0.25, -0.2) is 0 Å². The van der Waals surface area contributed by atoms with Gasteiger partial charge in [0, 0.05) is 24.8 Å². The predicted molar refractivity (Wildman–Crippen MR) is 128 cm³/mol. The SMILES string of the molecule is CC(C)(C)C(=O)NCC1(Cc2nn[nH]n2)CCCCC1.NCC1(Cc2nn[nH]n2)CCCCC1. The highest BCUT2D eigenvalue weighted by molar-refractivity contribution is 5.81. The molecule has 2 aliphatic rings. The Kier molecular flexibility index (Phi) is 9.10. The molecule has 0 radical (unpaired) electrons. The molecule has 1 amide bonds. The second-order valence-electron chi connectivity index (χ2n) is 11.3. The van der Waals surface area contributed by atoms with E-state index in [1.54, 1.807) is 0 Å². The van der Waals surface area contributed by atoms with Crippen molar-refractivity contribution in [3.8, 4) is 0 Å². The van der Waals surface area contributed by atoms with Gasteiger partial charge in [0.15, 0.2) is 11.6 Å². The molecule has 5 N–H and O–H groups in total. The number of nitrogens with two attached hydrogens (primary N) is 1. The minimum Gasteiger partial charge on any atom is -0.355 e. The van der Waals surface area contributed by atoms with Gasteiger partial charge in [0.1, 0.15) is 0 Å². The lowest BCUT2D eigenvalue weighted by Crippen LogP contribution is -2.44. The number of rotatable bonds is 7. The van der Waals surface area contributed by atoms with Gasteiger partial charge >= 0.3 is 0 Å². The van der Waals surface area contributed by atoms with Crippen LogP contribution in [0.2, 0.25) is 0 Å². The molecule has 2 aliphatic carbocycles. The van der Waals surface area contributed by atoms with Crippen molar-refractivity contribution < 1.29 is 4.79 Å². The van der Waals surface area contributed by atoms with Gasteiger partial charge in [-0.1, -0.05) is 69.7 Å². The zero-order chi connectivity index (χ0) is 24.5. The van der Waals surface area contributed by atoms with Crippen LogP contribution in [0, 0.1) is 16.2 Å². The van der Waals surface area contributed by atoms with Crippen molar-refractivity contribution in [3.63, 3.8) is 0 Å². The molecule has 34 heavy (non-hydrogen) atoms. The molecular weight excluding hydrogens is 432 g/mol. The highest BCUT2D eigenvalue weighted by atomic mass is 16.2. The van der Waals surface area contributed by atoms with E-state index < -0.39 is 0 Å². The lowest BCUT2D eigenvalue weighted by molar-refractivity contribution is -0.129. The van der Waals surface area contributed by atoms with Crippen LogP contribution in [0.5, 0.6) is 0 Å². The Bertz CT molecular complexity index is 832. The van der Waals surface area contributed by atoms with E-state index in [0.717, 1.165) is 43.9 Å². The molecule has 0 aromatic carbocycles. The van der Waals surface area contributed by atoms with Crippen LogP contribution in [0.3, 0.4) is 0 Å². The molecule has 11 nitrogen and oxygen atoms in total. The van der Waals surface area contributed by atoms with Crippen molar-refractivity contribution in [2.45, 2.75) is 97.8 Å². The first-order valence-electron chi connectivity index (χ1n) is 12.7. The molecule has 2 saturated carbocycles. The first-order valence-corrected chi connectivity index (χ1v) is 12.7. The smallest absolute Gasteiger partial charge is 0.225 e. The summed E-state index contributed by atoms with van der Waals surface area (Å²) in [5.74, 6) is 1.66. The monoisotopic (exact) mass is 474 g/mol. The van der Waals surface area contributed by atoms with Crippen LogP contribution >= 0.6 is 0 Å². The van der Waals surface area contributed by atoms with E-state index >= 15 is 0 Å². The molecular formula is C23H42N10O. The van der Waals surface area contributed by atoms with Crippen LogP contribution in [-0.2, 0) is 17.6 Å². The summed E-state index contributed by atoms with van der Waals surface area (Å²) in [4.78, 5) is 12.1. The van der Waals surface area contributed by atoms with Crippen LogP contribution in [0.1, 0.15) is 96.6 Å². The maximum Gasteiger partial charge on any atom is 0.225 e. The third-order valence-electron chi connectivity index (χ3n) is 7.41. The molecule has 4 rings (SSSR count). The number of hydrogen-bond donors (Lipinski definition) is 4. The molecule has 190 valence electrons. The normalized spacial score (nSPS) is 19.6. The van der Waals surface area contributed by atoms with Crippen molar-refractivity contribution in [2.75, 3.05) is 13.1 Å². The molecule has 0 bridgehead atoms. The molecule has 2 fully saturated rings. The van der Waals surface area contributed by atoms with Crippen molar-refractivity contribution in [2.24, 2.45) is 22.0 Å². The lowest BCUT2D eigenvalue weighted by Gasteiger charge is -2.37. The number of hydrogen-bond acceptors (Lipinski definition) is 8. The Morgan fingerprint density at radius 2 is 1.32 bits per heavy atom. The van der Waals surface area contributed by atoms with Crippen LogP contribution in [0.15, 0.2) is 0 Å². The van der Waals surface area contributed by atoms with E-state index in [-0.39, 0.29) is 22.2 Å². The summed E-state index contributed by atoms with van der Waals surface area (Å²) < 4.78 is 0. The van der Waals surface area contributed by atoms with Crippen LogP contribution in [0.4, 0.5) is 0 Å². The van der Waals surface area contributed by atoms with E-state index in [1.807, 2.05) is 20.8 Å². The van der Waals surface area contributed by atoms with Crippen molar-refractivity contribution >= 4 is 5.91 Å². The second kappa shape index (κ2) is 11.8. The van der Waals surface area contributed by atoms with Gasteiger partial charge in [-0.15, -0.1) is 20.4 Å². The number of H-pyrrole nitrogens is 2. The third kappa shape index (κ3) is 7.54. The minimum absolute atomic E-state index is 0.0863. The molecule has 2 heterocycles. The molecule has 0 spiro atoms. The number of aromatic amines is 2. The molecule has 11 heteroatoms. The van der Waals surface area contributed by atoms with E-state index in [4.69, 9.17) is 5.73 Å². The Hall–Kier alpha value is -2.43. The van der Waals surface area contributed by atoms with E-state index in [1.165, 1.54) is 51.4 Å². The van der Waals surface area contributed by atoms with Gasteiger partial charge in [-0.3, -0.25) is 4.79 Å². The number of nitrogens with one attached hydrogen (secondary N) is 3. The third-order valence-corrected chi connectivity index (χ3v) is 7.41. The number of aromatic nitrogens is 8. The summed E-state index contributed by atoms with van der Waals surface area (Å²) in [6.45, 7) is 7.26. The average Bonchev–Trinajstić information content (AvgIpc) is 3.53. The highest BCUT2D eigenvalue weighted by Gasteiger charge is 2.35. The number of amides is 1. The van der Waals surface area contributed by atoms with Crippen LogP contribution in [0.25, 0.3) is 0 Å². The Morgan fingerprint density at radius 1 is 0.853 bits per heavy atom.